The second-order valence-electron chi connectivity index (χ2n) is 4.83. The predicted molar refractivity (Wildman–Crippen MR) is 83.9 cm³/mol. The third-order valence-electron chi connectivity index (χ3n) is 3.62. The van der Waals surface area contributed by atoms with Crippen LogP contribution in [0.1, 0.15) is 0 Å². The molecule has 3 aromatic rings. The van der Waals surface area contributed by atoms with Gasteiger partial charge in [0.25, 0.3) is 15.6 Å². The van der Waals surface area contributed by atoms with Gasteiger partial charge in [0.05, 0.1) is 10.6 Å². The number of aromatic nitrogens is 1. The van der Waals surface area contributed by atoms with Crippen molar-refractivity contribution in [2.24, 2.45) is 0 Å². The molecule has 4 nitrogen and oxygen atoms in total. The van der Waals surface area contributed by atoms with Crippen LogP contribution in [-0.4, -0.2) is 12.4 Å². The van der Waals surface area contributed by atoms with Crippen molar-refractivity contribution in [3.05, 3.63) is 63.4 Å². The molecule has 6 heteroatoms. The van der Waals surface area contributed by atoms with Crippen molar-refractivity contribution in [2.75, 3.05) is 0 Å². The fraction of sp³-hybridized carbons (Fsp3) is 0. The van der Waals surface area contributed by atoms with Crippen LogP contribution in [0.5, 0.6) is 0 Å². The average molecular weight is 362 g/mol. The highest BCUT2D eigenvalue weighted by molar-refractivity contribution is 9.10. The number of fused-ring (bicyclic) bond motifs is 4. The van der Waals surface area contributed by atoms with Crippen molar-refractivity contribution in [3.63, 3.8) is 0 Å². The molecule has 0 atom stereocenters. The lowest BCUT2D eigenvalue weighted by atomic mass is 10.1. The highest BCUT2D eigenvalue weighted by Crippen LogP contribution is 2.37. The summed E-state index contributed by atoms with van der Waals surface area (Å²) in [6, 6.07) is 13.7. The molecule has 4 rings (SSSR count). The maximum atomic E-state index is 12.6. The summed E-state index contributed by atoms with van der Waals surface area (Å²) in [5.74, 6) is 0. The van der Waals surface area contributed by atoms with E-state index in [9.17, 15) is 13.2 Å². The highest BCUT2D eigenvalue weighted by atomic mass is 79.9. The monoisotopic (exact) mass is 361 g/mol. The van der Waals surface area contributed by atoms with Crippen LogP contribution in [-0.2, 0) is 10.0 Å². The quantitative estimate of drug-likeness (QED) is 0.483. The van der Waals surface area contributed by atoms with E-state index in [2.05, 4.69) is 15.9 Å². The van der Waals surface area contributed by atoms with E-state index in [1.807, 2.05) is 6.07 Å². The number of halogens is 1. The Hall–Kier alpha value is -1.92. The van der Waals surface area contributed by atoms with Gasteiger partial charge in [0.15, 0.2) is 0 Å². The van der Waals surface area contributed by atoms with Gasteiger partial charge in [-0.15, -0.1) is 0 Å². The summed E-state index contributed by atoms with van der Waals surface area (Å²) >= 11 is 3.31. The van der Waals surface area contributed by atoms with Crippen molar-refractivity contribution in [1.29, 1.82) is 0 Å². The zero-order valence-corrected chi connectivity index (χ0v) is 13.0. The van der Waals surface area contributed by atoms with Gasteiger partial charge < -0.3 is 0 Å². The van der Waals surface area contributed by atoms with Crippen LogP contribution in [0.2, 0.25) is 0 Å². The lowest BCUT2D eigenvalue weighted by Crippen LogP contribution is -2.24. The normalized spacial score (nSPS) is 14.9. The number of benzene rings is 2. The maximum Gasteiger partial charge on any atom is 0.272 e. The summed E-state index contributed by atoms with van der Waals surface area (Å²) in [5, 5.41) is 1.10. The molecule has 0 N–H and O–H groups in total. The molecule has 0 radical (unpaired) electrons. The molecule has 0 fully saturated rings. The molecule has 0 amide bonds. The molecule has 0 saturated heterocycles. The predicted octanol–water partition coefficient (Wildman–Crippen LogP) is 2.98. The molecule has 1 aliphatic rings. The minimum Gasteiger partial charge on any atom is -0.268 e. The van der Waals surface area contributed by atoms with Gasteiger partial charge in [-0.25, -0.2) is 8.42 Å². The van der Waals surface area contributed by atoms with Crippen LogP contribution in [0.3, 0.4) is 0 Å². The summed E-state index contributed by atoms with van der Waals surface area (Å²) in [4.78, 5) is 12.8. The lowest BCUT2D eigenvalue weighted by molar-refractivity contribution is 0.590. The van der Waals surface area contributed by atoms with E-state index >= 15 is 0 Å². The molecule has 0 aliphatic carbocycles. The molecule has 0 saturated carbocycles. The van der Waals surface area contributed by atoms with Gasteiger partial charge in [-0.2, -0.15) is 3.97 Å². The van der Waals surface area contributed by atoms with E-state index in [0.717, 1.165) is 13.8 Å². The van der Waals surface area contributed by atoms with E-state index in [1.54, 1.807) is 36.4 Å². The van der Waals surface area contributed by atoms with Gasteiger partial charge in [-0.3, -0.25) is 4.79 Å². The first kappa shape index (κ1) is 12.8. The number of hydrogen-bond donors (Lipinski definition) is 0. The molecule has 0 spiro atoms. The number of pyridine rings is 1. The summed E-state index contributed by atoms with van der Waals surface area (Å²) in [6.07, 6.45) is 0. The molecule has 1 aliphatic heterocycles. The van der Waals surface area contributed by atoms with Gasteiger partial charge in [0.1, 0.15) is 0 Å². The summed E-state index contributed by atoms with van der Waals surface area (Å²) < 4.78 is 26.8. The minimum atomic E-state index is -3.81. The molecule has 21 heavy (non-hydrogen) atoms. The molecule has 2 aromatic carbocycles. The van der Waals surface area contributed by atoms with E-state index in [1.165, 1.54) is 6.07 Å². The third kappa shape index (κ3) is 1.60. The van der Waals surface area contributed by atoms with Crippen molar-refractivity contribution >= 4 is 36.7 Å². The largest absolute Gasteiger partial charge is 0.272 e. The Morgan fingerprint density at radius 2 is 1.76 bits per heavy atom. The van der Waals surface area contributed by atoms with E-state index < -0.39 is 15.6 Å². The van der Waals surface area contributed by atoms with Crippen LogP contribution >= 0.6 is 15.9 Å². The van der Waals surface area contributed by atoms with Crippen LogP contribution < -0.4 is 5.56 Å². The van der Waals surface area contributed by atoms with Crippen molar-refractivity contribution in [2.45, 2.75) is 4.90 Å². The molecular weight excluding hydrogens is 354 g/mol. The molecule has 1 aromatic heterocycles. The number of rotatable bonds is 0. The van der Waals surface area contributed by atoms with E-state index in [0.29, 0.717) is 16.6 Å². The van der Waals surface area contributed by atoms with Crippen molar-refractivity contribution in [1.82, 2.24) is 3.97 Å². The van der Waals surface area contributed by atoms with Gasteiger partial charge in [0, 0.05) is 15.4 Å². The Bertz CT molecular complexity index is 1080. The van der Waals surface area contributed by atoms with Crippen LogP contribution in [0.4, 0.5) is 0 Å². The fourth-order valence-corrected chi connectivity index (χ4v) is 4.68. The van der Waals surface area contributed by atoms with E-state index in [4.69, 9.17) is 0 Å². The maximum absolute atomic E-state index is 12.6. The Balaban J connectivity index is 2.27. The number of hydrogen-bond acceptors (Lipinski definition) is 3. The van der Waals surface area contributed by atoms with Crippen LogP contribution in [0.15, 0.2) is 62.7 Å². The first-order chi connectivity index (χ1) is 10.00. The first-order valence-corrected chi connectivity index (χ1v) is 8.44. The topological polar surface area (TPSA) is 56.1 Å². The molecule has 0 unspecified atom stereocenters. The molecule has 104 valence electrons. The minimum absolute atomic E-state index is 0.177. The fourth-order valence-electron chi connectivity index (χ4n) is 2.69. The Morgan fingerprint density at radius 1 is 1.00 bits per heavy atom. The standard InChI is InChI=1S/C15H8BrNO3S/c16-10-6-5-9-7-13-11-3-1-2-4-14(11)21(19,20)17(13)15(18)12(9)8-10/h1-8H. The van der Waals surface area contributed by atoms with E-state index in [-0.39, 0.29) is 4.90 Å². The summed E-state index contributed by atoms with van der Waals surface area (Å²) in [6.45, 7) is 0. The average Bonchev–Trinajstić information content (AvgIpc) is 2.69. The Morgan fingerprint density at radius 3 is 2.57 bits per heavy atom. The smallest absolute Gasteiger partial charge is 0.268 e. The SMILES string of the molecule is O=c1c2cc(Br)ccc2cc2n1S(=O)(=O)c1ccccc1-2. The molecule has 2 heterocycles. The van der Waals surface area contributed by atoms with Gasteiger partial charge in [-0.05, 0) is 29.7 Å². The zero-order valence-electron chi connectivity index (χ0n) is 10.6. The van der Waals surface area contributed by atoms with Crippen LogP contribution in [0, 0.1) is 0 Å². The second kappa shape index (κ2) is 4.05. The second-order valence-corrected chi connectivity index (χ2v) is 7.50. The summed E-state index contributed by atoms with van der Waals surface area (Å²) in [7, 11) is -3.81. The first-order valence-electron chi connectivity index (χ1n) is 6.20. The third-order valence-corrected chi connectivity index (χ3v) is 5.87. The van der Waals surface area contributed by atoms with Gasteiger partial charge in [0.2, 0.25) is 0 Å². The highest BCUT2D eigenvalue weighted by Gasteiger charge is 2.33. The zero-order chi connectivity index (χ0) is 14.8. The Labute approximate surface area is 128 Å². The summed E-state index contributed by atoms with van der Waals surface area (Å²) in [5.41, 5.74) is 0.477. The van der Waals surface area contributed by atoms with Crippen molar-refractivity contribution < 1.29 is 8.42 Å². The molecular formula is C15H8BrNO3S. The van der Waals surface area contributed by atoms with Gasteiger partial charge in [-0.1, -0.05) is 40.2 Å². The van der Waals surface area contributed by atoms with Gasteiger partial charge >= 0.3 is 0 Å². The van der Waals surface area contributed by atoms with Crippen molar-refractivity contribution in [3.8, 4) is 11.3 Å². The lowest BCUT2D eigenvalue weighted by Gasteiger charge is -2.06. The van der Waals surface area contributed by atoms with Crippen LogP contribution in [0.25, 0.3) is 22.0 Å². The molecule has 0 bridgehead atoms. The Kier molecular flexibility index (Phi) is 2.47. The number of nitrogens with zero attached hydrogens (tertiary/aromatic N) is 1.